The Morgan fingerprint density at radius 2 is 1.59 bits per heavy atom. The molecule has 1 aromatic carbocycles. The van der Waals surface area contributed by atoms with Crippen molar-refractivity contribution in [2.45, 2.75) is 38.6 Å². The van der Waals surface area contributed by atoms with Gasteiger partial charge in [-0.15, -0.1) is 0 Å². The average Bonchev–Trinajstić information content (AvgIpc) is 2.75. The summed E-state index contributed by atoms with van der Waals surface area (Å²) in [7, 11) is 0. The van der Waals surface area contributed by atoms with E-state index in [9.17, 15) is 0 Å². The lowest BCUT2D eigenvalue weighted by Crippen LogP contribution is -2.25. The summed E-state index contributed by atoms with van der Waals surface area (Å²) in [6.07, 6.45) is 3.76. The normalized spacial score (nSPS) is 30.6. The number of nitrogens with two attached hydrogens (primary N) is 1. The van der Waals surface area contributed by atoms with Crippen molar-refractivity contribution in [2.75, 3.05) is 18.0 Å². The van der Waals surface area contributed by atoms with E-state index in [0.717, 1.165) is 6.42 Å². The maximum Gasteiger partial charge on any atom is 0.0468 e. The molecule has 92 valence electrons. The monoisotopic (exact) mass is 230 g/mol. The SMILES string of the molecule is CC1(C)CC1(N)c1ccc(N2CCCC2)cc1. The molecular weight excluding hydrogens is 208 g/mol. The Balaban J connectivity index is 1.81. The lowest BCUT2D eigenvalue weighted by Gasteiger charge is -2.20. The maximum atomic E-state index is 6.44. The molecular formula is C15H22N2. The van der Waals surface area contributed by atoms with Gasteiger partial charge in [0.2, 0.25) is 0 Å². The van der Waals surface area contributed by atoms with Gasteiger partial charge in [-0.3, -0.25) is 0 Å². The van der Waals surface area contributed by atoms with Gasteiger partial charge in [-0.2, -0.15) is 0 Å². The smallest absolute Gasteiger partial charge is 0.0468 e. The highest BCUT2D eigenvalue weighted by atomic mass is 15.1. The number of anilines is 1. The first-order valence-electron chi connectivity index (χ1n) is 6.67. The van der Waals surface area contributed by atoms with Crippen LogP contribution in [0.3, 0.4) is 0 Å². The van der Waals surface area contributed by atoms with Crippen molar-refractivity contribution >= 4 is 5.69 Å². The molecule has 0 spiro atoms. The molecule has 3 rings (SSSR count). The molecule has 0 amide bonds. The summed E-state index contributed by atoms with van der Waals surface area (Å²) in [5.74, 6) is 0. The van der Waals surface area contributed by atoms with Crippen LogP contribution in [0, 0.1) is 5.41 Å². The van der Waals surface area contributed by atoms with Crippen LogP contribution in [0.4, 0.5) is 5.69 Å². The van der Waals surface area contributed by atoms with E-state index in [1.54, 1.807) is 0 Å². The molecule has 1 aliphatic heterocycles. The van der Waals surface area contributed by atoms with Crippen LogP contribution in [0.25, 0.3) is 0 Å². The molecule has 2 heteroatoms. The second-order valence-electron chi connectivity index (χ2n) is 6.27. The second kappa shape index (κ2) is 3.49. The Kier molecular flexibility index (Phi) is 2.27. The highest BCUT2D eigenvalue weighted by Gasteiger charge is 2.59. The maximum absolute atomic E-state index is 6.44. The van der Waals surface area contributed by atoms with Crippen molar-refractivity contribution in [3.8, 4) is 0 Å². The van der Waals surface area contributed by atoms with Gasteiger partial charge >= 0.3 is 0 Å². The van der Waals surface area contributed by atoms with E-state index in [4.69, 9.17) is 5.73 Å². The van der Waals surface area contributed by atoms with Gasteiger partial charge in [-0.05, 0) is 42.4 Å². The summed E-state index contributed by atoms with van der Waals surface area (Å²) in [5.41, 5.74) is 9.27. The van der Waals surface area contributed by atoms with Crippen LogP contribution in [-0.4, -0.2) is 13.1 Å². The summed E-state index contributed by atoms with van der Waals surface area (Å²) < 4.78 is 0. The van der Waals surface area contributed by atoms with Crippen LogP contribution in [-0.2, 0) is 5.54 Å². The molecule has 2 aliphatic rings. The van der Waals surface area contributed by atoms with Crippen LogP contribution >= 0.6 is 0 Å². The first-order chi connectivity index (χ1) is 8.03. The molecule has 1 saturated heterocycles. The Labute approximate surface area is 104 Å². The summed E-state index contributed by atoms with van der Waals surface area (Å²) in [4.78, 5) is 2.46. The molecule has 0 aromatic heterocycles. The Morgan fingerprint density at radius 1 is 1.06 bits per heavy atom. The van der Waals surface area contributed by atoms with Crippen molar-refractivity contribution in [2.24, 2.45) is 11.1 Å². The van der Waals surface area contributed by atoms with Crippen LogP contribution < -0.4 is 10.6 Å². The van der Waals surface area contributed by atoms with Gasteiger partial charge < -0.3 is 10.6 Å². The lowest BCUT2D eigenvalue weighted by molar-refractivity contribution is 0.510. The summed E-state index contributed by atoms with van der Waals surface area (Å²) in [6, 6.07) is 8.93. The van der Waals surface area contributed by atoms with E-state index in [2.05, 4.69) is 43.0 Å². The van der Waals surface area contributed by atoms with Gasteiger partial charge in [-0.1, -0.05) is 26.0 Å². The van der Waals surface area contributed by atoms with E-state index >= 15 is 0 Å². The molecule has 1 saturated carbocycles. The number of nitrogens with zero attached hydrogens (tertiary/aromatic N) is 1. The van der Waals surface area contributed by atoms with Gasteiger partial charge in [-0.25, -0.2) is 0 Å². The van der Waals surface area contributed by atoms with E-state index < -0.39 is 0 Å². The van der Waals surface area contributed by atoms with Gasteiger partial charge in [0, 0.05) is 24.3 Å². The molecule has 2 N–H and O–H groups in total. The lowest BCUT2D eigenvalue weighted by atomic mass is 9.97. The third-order valence-electron chi connectivity index (χ3n) is 4.66. The first-order valence-corrected chi connectivity index (χ1v) is 6.67. The molecule has 0 bridgehead atoms. The zero-order valence-electron chi connectivity index (χ0n) is 10.9. The number of hydrogen-bond donors (Lipinski definition) is 1. The first kappa shape index (κ1) is 11.1. The number of rotatable bonds is 2. The number of hydrogen-bond acceptors (Lipinski definition) is 2. The molecule has 2 nitrogen and oxygen atoms in total. The molecule has 2 fully saturated rings. The van der Waals surface area contributed by atoms with E-state index in [1.807, 2.05) is 0 Å². The Morgan fingerprint density at radius 3 is 2.06 bits per heavy atom. The fourth-order valence-electron chi connectivity index (χ4n) is 3.09. The fourth-order valence-corrected chi connectivity index (χ4v) is 3.09. The summed E-state index contributed by atoms with van der Waals surface area (Å²) in [6.45, 7) is 6.92. The largest absolute Gasteiger partial charge is 0.372 e. The third kappa shape index (κ3) is 1.66. The fraction of sp³-hybridized carbons (Fsp3) is 0.600. The predicted molar refractivity (Wildman–Crippen MR) is 72.2 cm³/mol. The van der Waals surface area contributed by atoms with Crippen molar-refractivity contribution in [1.29, 1.82) is 0 Å². The zero-order chi connectivity index (χ0) is 12.1. The molecule has 1 unspecified atom stereocenters. The minimum absolute atomic E-state index is 0.0868. The van der Waals surface area contributed by atoms with Crippen LogP contribution in [0.1, 0.15) is 38.7 Å². The van der Waals surface area contributed by atoms with Crippen molar-refractivity contribution in [3.05, 3.63) is 29.8 Å². The van der Waals surface area contributed by atoms with Gasteiger partial charge in [0.1, 0.15) is 0 Å². The Hall–Kier alpha value is -1.02. The number of benzene rings is 1. The molecule has 1 atom stereocenters. The second-order valence-corrected chi connectivity index (χ2v) is 6.27. The summed E-state index contributed by atoms with van der Waals surface area (Å²) in [5, 5.41) is 0. The van der Waals surface area contributed by atoms with E-state index in [0.29, 0.717) is 0 Å². The zero-order valence-corrected chi connectivity index (χ0v) is 10.9. The van der Waals surface area contributed by atoms with E-state index in [1.165, 1.54) is 37.2 Å². The Bertz CT molecular complexity index is 415. The average molecular weight is 230 g/mol. The molecule has 1 heterocycles. The van der Waals surface area contributed by atoms with Gasteiger partial charge in [0.25, 0.3) is 0 Å². The topological polar surface area (TPSA) is 29.3 Å². The van der Waals surface area contributed by atoms with Crippen molar-refractivity contribution in [3.63, 3.8) is 0 Å². The summed E-state index contributed by atoms with van der Waals surface area (Å²) >= 11 is 0. The van der Waals surface area contributed by atoms with Crippen LogP contribution in [0.2, 0.25) is 0 Å². The third-order valence-corrected chi connectivity index (χ3v) is 4.66. The minimum Gasteiger partial charge on any atom is -0.372 e. The van der Waals surface area contributed by atoms with Crippen LogP contribution in [0.5, 0.6) is 0 Å². The van der Waals surface area contributed by atoms with Gasteiger partial charge in [0.15, 0.2) is 0 Å². The highest BCUT2D eigenvalue weighted by molar-refractivity contribution is 5.50. The molecule has 0 radical (unpaired) electrons. The predicted octanol–water partition coefficient (Wildman–Crippen LogP) is 2.87. The van der Waals surface area contributed by atoms with Crippen molar-refractivity contribution < 1.29 is 0 Å². The molecule has 17 heavy (non-hydrogen) atoms. The molecule has 1 aliphatic carbocycles. The standard InChI is InChI=1S/C15H22N2/c1-14(2)11-15(14,16)12-5-7-13(8-6-12)17-9-3-4-10-17/h5-8H,3-4,9-11,16H2,1-2H3. The van der Waals surface area contributed by atoms with Crippen LogP contribution in [0.15, 0.2) is 24.3 Å². The van der Waals surface area contributed by atoms with Crippen molar-refractivity contribution in [1.82, 2.24) is 0 Å². The van der Waals surface area contributed by atoms with E-state index in [-0.39, 0.29) is 11.0 Å². The quantitative estimate of drug-likeness (QED) is 0.846. The van der Waals surface area contributed by atoms with Gasteiger partial charge in [0.05, 0.1) is 0 Å². The minimum atomic E-state index is -0.0868. The highest BCUT2D eigenvalue weighted by Crippen LogP contribution is 2.60. The molecule has 1 aromatic rings.